The Hall–Kier alpha value is -2.21. The number of hydrogen-bond acceptors (Lipinski definition) is 3. The highest BCUT2D eigenvalue weighted by Gasteiger charge is 1.93. The average molecular weight is 214 g/mol. The molecule has 0 rings (SSSR count). The second kappa shape index (κ2) is 7.13. The van der Waals surface area contributed by atoms with Crippen LogP contribution in [0.5, 0.6) is 0 Å². The van der Waals surface area contributed by atoms with Gasteiger partial charge in [-0.3, -0.25) is 9.79 Å². The molecular weight excluding hydrogens is 200 g/mol. The molecule has 0 saturated carbocycles. The first-order valence-corrected chi connectivity index (χ1v) is 4.64. The van der Waals surface area contributed by atoms with E-state index in [1.807, 2.05) is 6.07 Å². The Bertz CT molecular complexity index is 431. The molecule has 0 bridgehead atoms. The molecule has 0 radical (unpaired) electrons. The maximum absolute atomic E-state index is 10.3. The van der Waals surface area contributed by atoms with Crippen molar-refractivity contribution in [2.24, 2.45) is 4.99 Å². The zero-order valence-electron chi connectivity index (χ0n) is 9.53. The summed E-state index contributed by atoms with van der Waals surface area (Å²) in [5, 5.41) is 8.49. The first-order valence-electron chi connectivity index (χ1n) is 4.64. The lowest BCUT2D eigenvalue weighted by Crippen LogP contribution is -1.92. The van der Waals surface area contributed by atoms with Crippen LogP contribution in [0.4, 0.5) is 0 Å². The lowest BCUT2D eigenvalue weighted by atomic mass is 10.1. The van der Waals surface area contributed by atoms with Crippen LogP contribution in [0.3, 0.4) is 0 Å². The van der Waals surface area contributed by atoms with Crippen molar-refractivity contribution in [1.82, 2.24) is 0 Å². The highest BCUT2D eigenvalue weighted by Crippen LogP contribution is 2.01. The topological polar surface area (TPSA) is 53.2 Å². The van der Waals surface area contributed by atoms with Gasteiger partial charge in [-0.2, -0.15) is 5.26 Å². The van der Waals surface area contributed by atoms with Crippen LogP contribution in [0.1, 0.15) is 13.8 Å². The number of carbonyl (C=O) groups is 1. The summed E-state index contributed by atoms with van der Waals surface area (Å²) in [5.41, 5.74) is 2.25. The third-order valence-electron chi connectivity index (χ3n) is 1.74. The monoisotopic (exact) mass is 214 g/mol. The molecule has 0 heterocycles. The van der Waals surface area contributed by atoms with E-state index in [1.165, 1.54) is 6.20 Å². The van der Waals surface area contributed by atoms with Crippen LogP contribution >= 0.6 is 0 Å². The smallest absolute Gasteiger partial charge is 0.147 e. The van der Waals surface area contributed by atoms with Gasteiger partial charge in [0.1, 0.15) is 6.29 Å². The molecule has 0 aromatic rings. The fraction of sp³-hybridized carbons (Fsp3) is 0.154. The Balaban J connectivity index is 4.64. The van der Waals surface area contributed by atoms with Gasteiger partial charge in [0.05, 0.1) is 6.07 Å². The van der Waals surface area contributed by atoms with Crippen molar-refractivity contribution in [1.29, 1.82) is 5.26 Å². The quantitative estimate of drug-likeness (QED) is 0.232. The minimum absolute atomic E-state index is 0.355. The minimum atomic E-state index is 0.355. The van der Waals surface area contributed by atoms with Gasteiger partial charge in [-0.15, -0.1) is 0 Å². The van der Waals surface area contributed by atoms with Crippen LogP contribution in [0, 0.1) is 11.3 Å². The molecule has 16 heavy (non-hydrogen) atoms. The summed E-state index contributed by atoms with van der Waals surface area (Å²) < 4.78 is 0. The molecule has 0 amide bonds. The summed E-state index contributed by atoms with van der Waals surface area (Å²) in [6.07, 6.45) is 5.43. The van der Waals surface area contributed by atoms with Crippen molar-refractivity contribution >= 4 is 12.0 Å². The summed E-state index contributed by atoms with van der Waals surface area (Å²) in [5.74, 6) is 0. The molecule has 0 aromatic carbocycles. The largest absolute Gasteiger partial charge is 0.298 e. The van der Waals surface area contributed by atoms with E-state index in [9.17, 15) is 4.79 Å². The van der Waals surface area contributed by atoms with Gasteiger partial charge < -0.3 is 0 Å². The lowest BCUT2D eigenvalue weighted by molar-refractivity contribution is -0.104. The predicted molar refractivity (Wildman–Crippen MR) is 66.0 cm³/mol. The summed E-state index contributed by atoms with van der Waals surface area (Å²) in [4.78, 5) is 14.4. The van der Waals surface area contributed by atoms with Gasteiger partial charge in [0.2, 0.25) is 0 Å². The molecule has 0 aliphatic rings. The van der Waals surface area contributed by atoms with E-state index in [0.29, 0.717) is 22.4 Å². The van der Waals surface area contributed by atoms with E-state index in [4.69, 9.17) is 5.26 Å². The fourth-order valence-corrected chi connectivity index (χ4v) is 0.671. The maximum Gasteiger partial charge on any atom is 0.147 e. The molecule has 0 aliphatic heterocycles. The molecule has 0 aliphatic carbocycles. The first kappa shape index (κ1) is 13.8. The van der Waals surface area contributed by atoms with Crippen LogP contribution in [-0.4, -0.2) is 12.0 Å². The summed E-state index contributed by atoms with van der Waals surface area (Å²) in [6, 6.07) is 1.90. The Morgan fingerprint density at radius 1 is 1.31 bits per heavy atom. The predicted octanol–water partition coefficient (Wildman–Crippen LogP) is 2.74. The van der Waals surface area contributed by atoms with Crippen molar-refractivity contribution in [3.05, 3.63) is 48.2 Å². The molecule has 0 atom stereocenters. The summed E-state index contributed by atoms with van der Waals surface area (Å²) in [6.45, 7) is 10.7. The molecular formula is C13H14N2O. The van der Waals surface area contributed by atoms with Crippen LogP contribution in [0.25, 0.3) is 0 Å². The molecule has 0 saturated heterocycles. The van der Waals surface area contributed by atoms with E-state index in [1.54, 1.807) is 26.0 Å². The molecule has 3 heteroatoms. The van der Waals surface area contributed by atoms with E-state index in [0.717, 1.165) is 6.29 Å². The number of hydrogen-bond donors (Lipinski definition) is 0. The number of nitriles is 1. The standard InChI is InChI=1S/C13H14N2O/c1-10(7-14)5-6-12(3)13(4)15-8-11(2)9-16/h5-6,8-9H,1,3H2,2,4H3/b6-5-,11-8+,15-13?. The summed E-state index contributed by atoms with van der Waals surface area (Å²) in [7, 11) is 0. The lowest BCUT2D eigenvalue weighted by Gasteiger charge is -1.96. The number of allylic oxidation sites excluding steroid dienone is 5. The van der Waals surface area contributed by atoms with Gasteiger partial charge in [0, 0.05) is 23.1 Å². The zero-order chi connectivity index (χ0) is 12.6. The molecule has 0 unspecified atom stereocenters. The molecule has 82 valence electrons. The van der Waals surface area contributed by atoms with Crippen molar-refractivity contribution in [2.75, 3.05) is 0 Å². The Labute approximate surface area is 95.8 Å². The maximum atomic E-state index is 10.3. The van der Waals surface area contributed by atoms with Gasteiger partial charge in [0.25, 0.3) is 0 Å². The summed E-state index contributed by atoms with van der Waals surface area (Å²) >= 11 is 0. The average Bonchev–Trinajstić information content (AvgIpc) is 2.31. The number of carbonyl (C=O) groups excluding carboxylic acids is 1. The molecule has 0 N–H and O–H groups in total. The zero-order valence-corrected chi connectivity index (χ0v) is 9.53. The van der Waals surface area contributed by atoms with E-state index < -0.39 is 0 Å². The molecule has 0 spiro atoms. The second-order valence-electron chi connectivity index (χ2n) is 3.20. The van der Waals surface area contributed by atoms with E-state index in [-0.39, 0.29) is 0 Å². The van der Waals surface area contributed by atoms with Gasteiger partial charge >= 0.3 is 0 Å². The Kier molecular flexibility index (Phi) is 6.15. The third kappa shape index (κ3) is 5.51. The van der Waals surface area contributed by atoms with Gasteiger partial charge in [-0.25, -0.2) is 0 Å². The van der Waals surface area contributed by atoms with E-state index in [2.05, 4.69) is 18.2 Å². The second-order valence-corrected chi connectivity index (χ2v) is 3.20. The normalized spacial score (nSPS) is 12.3. The Morgan fingerprint density at radius 3 is 2.44 bits per heavy atom. The number of nitrogens with zero attached hydrogens (tertiary/aromatic N) is 2. The number of rotatable bonds is 5. The molecule has 3 nitrogen and oxygen atoms in total. The van der Waals surface area contributed by atoms with Gasteiger partial charge in [-0.05, 0) is 25.5 Å². The minimum Gasteiger partial charge on any atom is -0.298 e. The van der Waals surface area contributed by atoms with Crippen LogP contribution in [0.15, 0.2) is 53.2 Å². The van der Waals surface area contributed by atoms with Crippen LogP contribution in [0.2, 0.25) is 0 Å². The van der Waals surface area contributed by atoms with Crippen molar-refractivity contribution in [3.8, 4) is 6.07 Å². The highest BCUT2D eigenvalue weighted by molar-refractivity contribution is 6.00. The van der Waals surface area contributed by atoms with Crippen molar-refractivity contribution in [2.45, 2.75) is 13.8 Å². The van der Waals surface area contributed by atoms with Crippen molar-refractivity contribution < 1.29 is 4.79 Å². The van der Waals surface area contributed by atoms with E-state index >= 15 is 0 Å². The van der Waals surface area contributed by atoms with Crippen molar-refractivity contribution in [3.63, 3.8) is 0 Å². The number of aliphatic imine (C=N–C) groups is 1. The molecule has 0 aromatic heterocycles. The molecule has 0 fully saturated rings. The van der Waals surface area contributed by atoms with Crippen LogP contribution in [-0.2, 0) is 4.79 Å². The number of aldehydes is 1. The fourth-order valence-electron chi connectivity index (χ4n) is 0.671. The first-order chi connectivity index (χ1) is 7.51. The van der Waals surface area contributed by atoms with Gasteiger partial charge in [0.15, 0.2) is 0 Å². The Morgan fingerprint density at radius 2 is 1.94 bits per heavy atom. The SMILES string of the molecule is C=C(C#N)/C=C\C(=C)C(C)=N/C=C(\C)C=O. The van der Waals surface area contributed by atoms with Gasteiger partial charge in [-0.1, -0.05) is 19.2 Å². The highest BCUT2D eigenvalue weighted by atomic mass is 16.1. The van der Waals surface area contributed by atoms with Crippen LogP contribution < -0.4 is 0 Å². The third-order valence-corrected chi connectivity index (χ3v) is 1.74.